The third kappa shape index (κ3) is 5.54. The zero-order chi connectivity index (χ0) is 20.8. The minimum absolute atomic E-state index is 0.156. The van der Waals surface area contributed by atoms with Crippen molar-refractivity contribution in [3.8, 4) is 11.8 Å². The number of thiazole rings is 1. The van der Waals surface area contributed by atoms with Gasteiger partial charge in [-0.05, 0) is 43.0 Å². The van der Waals surface area contributed by atoms with Gasteiger partial charge in [0, 0.05) is 16.1 Å². The molecule has 1 heterocycles. The number of nitrogens with zero attached hydrogens (tertiary/aromatic N) is 2. The summed E-state index contributed by atoms with van der Waals surface area (Å²) in [6.07, 6.45) is 0. The molecule has 2 rings (SSSR count). The van der Waals surface area contributed by atoms with Crippen LogP contribution in [0.3, 0.4) is 0 Å². The predicted octanol–water partition coefficient (Wildman–Crippen LogP) is 4.34. The van der Waals surface area contributed by atoms with Gasteiger partial charge in [0.15, 0.2) is 24.9 Å². The van der Waals surface area contributed by atoms with Crippen molar-refractivity contribution >= 4 is 34.7 Å². The summed E-state index contributed by atoms with van der Waals surface area (Å²) in [6, 6.07) is 5.50. The lowest BCUT2D eigenvalue weighted by atomic mass is 10.0. The highest BCUT2D eigenvalue weighted by Crippen LogP contribution is 2.32. The van der Waals surface area contributed by atoms with E-state index in [0.717, 1.165) is 16.8 Å². The molecular weight excluding hydrogens is 400 g/mol. The summed E-state index contributed by atoms with van der Waals surface area (Å²) < 4.78 is 10.6. The van der Waals surface area contributed by atoms with Crippen LogP contribution < -0.4 is 4.74 Å². The Labute approximate surface area is 173 Å². The van der Waals surface area contributed by atoms with Crippen molar-refractivity contribution in [1.82, 2.24) is 4.98 Å². The number of carbonyl (C=O) groups excluding carboxylic acids is 2. The van der Waals surface area contributed by atoms with Gasteiger partial charge in [-0.25, -0.2) is 9.78 Å². The summed E-state index contributed by atoms with van der Waals surface area (Å²) in [7, 11) is 0. The van der Waals surface area contributed by atoms with Crippen molar-refractivity contribution in [2.24, 2.45) is 0 Å². The Kier molecular flexibility index (Phi) is 7.55. The molecule has 0 aliphatic heterocycles. The van der Waals surface area contributed by atoms with Crippen LogP contribution >= 0.6 is 22.9 Å². The number of aromatic nitrogens is 1. The normalized spacial score (nSPS) is 11.8. The smallest absolute Gasteiger partial charge is 0.344 e. The fourth-order valence-corrected chi connectivity index (χ4v) is 3.46. The second-order valence-corrected chi connectivity index (χ2v) is 7.90. The van der Waals surface area contributed by atoms with Crippen LogP contribution in [0.15, 0.2) is 17.5 Å². The summed E-state index contributed by atoms with van der Waals surface area (Å²) in [5, 5.41) is 12.0. The van der Waals surface area contributed by atoms with Crippen LogP contribution in [0, 0.1) is 25.2 Å². The molecule has 1 atom stereocenters. The number of benzene rings is 1. The van der Waals surface area contributed by atoms with E-state index < -0.39 is 24.3 Å². The van der Waals surface area contributed by atoms with E-state index in [1.165, 1.54) is 11.3 Å². The highest BCUT2D eigenvalue weighted by Gasteiger charge is 2.24. The molecule has 1 aromatic heterocycles. The third-order valence-electron chi connectivity index (χ3n) is 3.97. The van der Waals surface area contributed by atoms with Crippen molar-refractivity contribution < 1.29 is 19.1 Å². The molecule has 0 N–H and O–H groups in total. The maximum atomic E-state index is 12.2. The van der Waals surface area contributed by atoms with Gasteiger partial charge in [-0.1, -0.05) is 25.4 Å². The van der Waals surface area contributed by atoms with Crippen molar-refractivity contribution in [2.75, 3.05) is 13.2 Å². The van der Waals surface area contributed by atoms with Gasteiger partial charge >= 0.3 is 5.97 Å². The standard InChI is InChI=1S/C20H21ClN2O4S/c1-11(2)14-6-16(21)12(3)5-18(14)26-9-19(25)27-8-17(24)15(7-22)20-23-13(4)10-28-20/h5-6,10-11,15H,8-9H2,1-4H3/t15-/m0/s1. The fraction of sp³-hybridized carbons (Fsp3) is 0.400. The van der Waals surface area contributed by atoms with Gasteiger partial charge in [0.25, 0.3) is 0 Å². The van der Waals surface area contributed by atoms with Crippen molar-refractivity contribution in [3.63, 3.8) is 0 Å². The zero-order valence-corrected chi connectivity index (χ0v) is 17.7. The van der Waals surface area contributed by atoms with Gasteiger partial charge in [-0.2, -0.15) is 5.26 Å². The first kappa shape index (κ1) is 21.9. The summed E-state index contributed by atoms with van der Waals surface area (Å²) in [5.41, 5.74) is 2.45. The van der Waals surface area contributed by atoms with Gasteiger partial charge in [0.1, 0.15) is 10.8 Å². The van der Waals surface area contributed by atoms with Crippen molar-refractivity contribution in [1.29, 1.82) is 5.26 Å². The molecule has 0 bridgehead atoms. The van der Waals surface area contributed by atoms with Crippen LogP contribution in [0.1, 0.15) is 47.5 Å². The summed E-state index contributed by atoms with van der Waals surface area (Å²) in [6.45, 7) is 6.76. The van der Waals surface area contributed by atoms with Crippen LogP contribution in [-0.4, -0.2) is 30.0 Å². The van der Waals surface area contributed by atoms with E-state index in [2.05, 4.69) is 4.98 Å². The molecule has 0 saturated carbocycles. The van der Waals surface area contributed by atoms with Crippen LogP contribution in [0.25, 0.3) is 0 Å². The van der Waals surface area contributed by atoms with Crippen molar-refractivity contribution in [2.45, 2.75) is 39.5 Å². The largest absolute Gasteiger partial charge is 0.482 e. The zero-order valence-electron chi connectivity index (χ0n) is 16.1. The van der Waals surface area contributed by atoms with Crippen LogP contribution in [0.5, 0.6) is 5.75 Å². The number of ether oxygens (including phenoxy) is 2. The Balaban J connectivity index is 1.94. The maximum Gasteiger partial charge on any atom is 0.344 e. The molecule has 0 radical (unpaired) electrons. The molecule has 8 heteroatoms. The SMILES string of the molecule is Cc1csc([C@@H](C#N)C(=O)COC(=O)COc2cc(C)c(Cl)cc2C(C)C)n1. The van der Waals surface area contributed by atoms with E-state index in [-0.39, 0.29) is 12.5 Å². The molecular formula is C20H21ClN2O4S. The topological polar surface area (TPSA) is 89.3 Å². The summed E-state index contributed by atoms with van der Waals surface area (Å²) in [4.78, 5) is 28.3. The highest BCUT2D eigenvalue weighted by atomic mass is 35.5. The Morgan fingerprint density at radius 2 is 2.00 bits per heavy atom. The molecule has 148 valence electrons. The fourth-order valence-electron chi connectivity index (χ4n) is 2.43. The Bertz CT molecular complexity index is 917. The Morgan fingerprint density at radius 1 is 1.29 bits per heavy atom. The molecule has 0 fully saturated rings. The second-order valence-electron chi connectivity index (χ2n) is 6.60. The molecule has 0 spiro atoms. The first-order valence-corrected chi connectivity index (χ1v) is 9.91. The Morgan fingerprint density at radius 3 is 2.57 bits per heavy atom. The number of nitriles is 1. The lowest BCUT2D eigenvalue weighted by molar-refractivity contribution is -0.150. The molecule has 0 unspecified atom stereocenters. The molecule has 1 aromatic carbocycles. The molecule has 0 amide bonds. The molecule has 0 saturated heterocycles. The lowest BCUT2D eigenvalue weighted by Crippen LogP contribution is -2.23. The summed E-state index contributed by atoms with van der Waals surface area (Å²) in [5.74, 6) is -1.55. The van der Waals surface area contributed by atoms with Gasteiger partial charge in [0.2, 0.25) is 0 Å². The second kappa shape index (κ2) is 9.67. The van der Waals surface area contributed by atoms with E-state index in [4.69, 9.17) is 21.1 Å². The number of ketones is 1. The maximum absolute atomic E-state index is 12.2. The van der Waals surface area contributed by atoms with Crippen LogP contribution in [0.4, 0.5) is 0 Å². The van der Waals surface area contributed by atoms with Crippen LogP contribution in [0.2, 0.25) is 5.02 Å². The van der Waals surface area contributed by atoms with E-state index in [1.807, 2.05) is 32.9 Å². The number of hydrogen-bond donors (Lipinski definition) is 0. The number of esters is 1. The number of halogens is 1. The summed E-state index contributed by atoms with van der Waals surface area (Å²) >= 11 is 7.39. The van der Waals surface area contributed by atoms with Gasteiger partial charge in [-0.3, -0.25) is 4.79 Å². The van der Waals surface area contributed by atoms with Gasteiger partial charge in [0.05, 0.1) is 6.07 Å². The molecule has 6 nitrogen and oxygen atoms in total. The average molecular weight is 421 g/mol. The number of carbonyl (C=O) groups is 2. The molecule has 0 aliphatic rings. The monoisotopic (exact) mass is 420 g/mol. The van der Waals surface area contributed by atoms with Gasteiger partial charge < -0.3 is 9.47 Å². The third-order valence-corrected chi connectivity index (χ3v) is 5.40. The molecule has 28 heavy (non-hydrogen) atoms. The number of Topliss-reactive ketones (excluding diaryl/α,β-unsaturated/α-hetero) is 1. The van der Waals surface area contributed by atoms with Crippen LogP contribution in [-0.2, 0) is 14.3 Å². The number of rotatable bonds is 8. The number of aryl methyl sites for hydroxylation is 2. The minimum atomic E-state index is -1.04. The van der Waals surface area contributed by atoms with Crippen molar-refractivity contribution in [3.05, 3.63) is 44.4 Å². The average Bonchev–Trinajstić information content (AvgIpc) is 3.06. The predicted molar refractivity (Wildman–Crippen MR) is 107 cm³/mol. The highest BCUT2D eigenvalue weighted by molar-refractivity contribution is 7.09. The van der Waals surface area contributed by atoms with E-state index in [0.29, 0.717) is 15.8 Å². The first-order valence-electron chi connectivity index (χ1n) is 8.65. The quantitative estimate of drug-likeness (QED) is 0.590. The van der Waals surface area contributed by atoms with E-state index >= 15 is 0 Å². The first-order chi connectivity index (χ1) is 13.2. The Hall–Kier alpha value is -2.43. The van der Waals surface area contributed by atoms with Gasteiger partial charge in [-0.15, -0.1) is 11.3 Å². The molecule has 2 aromatic rings. The lowest BCUT2D eigenvalue weighted by Gasteiger charge is -2.15. The van der Waals surface area contributed by atoms with E-state index in [9.17, 15) is 14.9 Å². The minimum Gasteiger partial charge on any atom is -0.482 e. The number of hydrogen-bond acceptors (Lipinski definition) is 7. The van der Waals surface area contributed by atoms with E-state index in [1.54, 1.807) is 18.4 Å². The molecule has 0 aliphatic carbocycles.